The van der Waals surface area contributed by atoms with Crippen LogP contribution in [0.3, 0.4) is 0 Å². The van der Waals surface area contributed by atoms with Crippen molar-refractivity contribution < 1.29 is 4.79 Å². The van der Waals surface area contributed by atoms with Crippen molar-refractivity contribution >= 4 is 21.8 Å². The minimum absolute atomic E-state index is 0.0676. The molecule has 1 aliphatic rings. The van der Waals surface area contributed by atoms with Crippen LogP contribution in [0.15, 0.2) is 28.7 Å². The van der Waals surface area contributed by atoms with E-state index in [2.05, 4.69) is 57.3 Å². The van der Waals surface area contributed by atoms with Crippen LogP contribution in [0.1, 0.15) is 44.1 Å². The molecule has 3 N–H and O–H groups in total. The molecule has 0 bridgehead atoms. The number of hydrogen-bond acceptors (Lipinski definition) is 3. The Morgan fingerprint density at radius 2 is 2.30 bits per heavy atom. The third-order valence-electron chi connectivity index (χ3n) is 4.58. The second kappa shape index (κ2) is 9.40. The lowest BCUT2D eigenvalue weighted by atomic mass is 9.96. The minimum atomic E-state index is 0.0676. The van der Waals surface area contributed by atoms with Crippen LogP contribution < -0.4 is 11.1 Å². The Morgan fingerprint density at radius 3 is 3.04 bits per heavy atom. The van der Waals surface area contributed by atoms with E-state index in [1.54, 1.807) is 0 Å². The van der Waals surface area contributed by atoms with Gasteiger partial charge in [0.2, 0.25) is 5.91 Å². The van der Waals surface area contributed by atoms with E-state index >= 15 is 0 Å². The van der Waals surface area contributed by atoms with Gasteiger partial charge in [0.1, 0.15) is 0 Å². The number of likely N-dealkylation sites (tertiary alicyclic amines) is 1. The minimum Gasteiger partial charge on any atom is -0.354 e. The number of amides is 1. The van der Waals surface area contributed by atoms with Crippen molar-refractivity contribution in [3.8, 4) is 0 Å². The van der Waals surface area contributed by atoms with Gasteiger partial charge in [0.15, 0.2) is 0 Å². The maximum absolute atomic E-state index is 11.7. The molecule has 5 heteroatoms. The molecule has 0 spiro atoms. The van der Waals surface area contributed by atoms with Crippen molar-refractivity contribution in [1.29, 1.82) is 0 Å². The molecule has 1 heterocycles. The summed E-state index contributed by atoms with van der Waals surface area (Å²) < 4.78 is 1.13. The standard InChI is InChI=1S/C18H28BrN3O/c1-14(15-5-4-6-16(19)11-15)13-22-10-3-2-7-17(22)12-21-18(23)8-9-20/h4-6,11,14,17H,2-3,7-10,12-13,20H2,1H3,(H,21,23). The van der Waals surface area contributed by atoms with E-state index in [0.717, 1.165) is 30.5 Å². The quantitative estimate of drug-likeness (QED) is 0.763. The van der Waals surface area contributed by atoms with Crippen molar-refractivity contribution in [2.24, 2.45) is 5.73 Å². The Balaban J connectivity index is 1.91. The van der Waals surface area contributed by atoms with Crippen LogP contribution in [-0.2, 0) is 4.79 Å². The Morgan fingerprint density at radius 1 is 1.48 bits per heavy atom. The number of halogens is 1. The first-order chi connectivity index (χ1) is 11.1. The van der Waals surface area contributed by atoms with Crippen molar-refractivity contribution in [2.75, 3.05) is 26.2 Å². The van der Waals surface area contributed by atoms with Crippen LogP contribution in [0.4, 0.5) is 0 Å². The molecule has 23 heavy (non-hydrogen) atoms. The zero-order valence-corrected chi connectivity index (χ0v) is 15.5. The molecule has 128 valence electrons. The van der Waals surface area contributed by atoms with E-state index in [1.165, 1.54) is 18.4 Å². The molecular formula is C18H28BrN3O. The average Bonchev–Trinajstić information content (AvgIpc) is 2.54. The van der Waals surface area contributed by atoms with Gasteiger partial charge in [0, 0.05) is 36.6 Å². The Kier molecular flexibility index (Phi) is 7.53. The van der Waals surface area contributed by atoms with E-state index in [0.29, 0.717) is 24.9 Å². The molecule has 2 atom stereocenters. The normalized spacial score (nSPS) is 20.2. The number of nitrogens with zero attached hydrogens (tertiary/aromatic N) is 1. The predicted molar refractivity (Wildman–Crippen MR) is 98.5 cm³/mol. The SMILES string of the molecule is CC(CN1CCCCC1CNC(=O)CCN)c1cccc(Br)c1. The van der Waals surface area contributed by atoms with Crippen molar-refractivity contribution in [3.63, 3.8) is 0 Å². The highest BCUT2D eigenvalue weighted by atomic mass is 79.9. The van der Waals surface area contributed by atoms with Gasteiger partial charge < -0.3 is 11.1 Å². The van der Waals surface area contributed by atoms with E-state index < -0.39 is 0 Å². The molecule has 1 aromatic carbocycles. The maximum atomic E-state index is 11.7. The van der Waals surface area contributed by atoms with Gasteiger partial charge in [-0.15, -0.1) is 0 Å². The van der Waals surface area contributed by atoms with Gasteiger partial charge in [0.05, 0.1) is 0 Å². The molecule has 0 aliphatic carbocycles. The zero-order chi connectivity index (χ0) is 16.7. The molecule has 0 aromatic heterocycles. The monoisotopic (exact) mass is 381 g/mol. The van der Waals surface area contributed by atoms with Gasteiger partial charge in [-0.2, -0.15) is 0 Å². The number of rotatable bonds is 7. The Labute approximate surface area is 147 Å². The van der Waals surface area contributed by atoms with Crippen LogP contribution in [0.25, 0.3) is 0 Å². The molecule has 1 aliphatic heterocycles. The van der Waals surface area contributed by atoms with Crippen LogP contribution >= 0.6 is 15.9 Å². The van der Waals surface area contributed by atoms with Crippen LogP contribution in [0.5, 0.6) is 0 Å². The maximum Gasteiger partial charge on any atom is 0.221 e. The Bertz CT molecular complexity index is 509. The molecule has 4 nitrogen and oxygen atoms in total. The number of carbonyl (C=O) groups excluding carboxylic acids is 1. The molecular weight excluding hydrogens is 354 g/mol. The van der Waals surface area contributed by atoms with Gasteiger partial charge in [-0.1, -0.05) is 41.4 Å². The topological polar surface area (TPSA) is 58.4 Å². The lowest BCUT2D eigenvalue weighted by molar-refractivity contribution is -0.121. The summed E-state index contributed by atoms with van der Waals surface area (Å²) in [5.41, 5.74) is 6.79. The molecule has 1 saturated heterocycles. The van der Waals surface area contributed by atoms with Crippen molar-refractivity contribution in [1.82, 2.24) is 10.2 Å². The number of hydrogen-bond donors (Lipinski definition) is 2. The summed E-state index contributed by atoms with van der Waals surface area (Å²) in [5, 5.41) is 3.04. The summed E-state index contributed by atoms with van der Waals surface area (Å²) in [6.07, 6.45) is 4.08. The second-order valence-corrected chi connectivity index (χ2v) is 7.36. The summed E-state index contributed by atoms with van der Waals surface area (Å²) in [6.45, 7) is 5.59. The fourth-order valence-electron chi connectivity index (χ4n) is 3.25. The van der Waals surface area contributed by atoms with E-state index in [4.69, 9.17) is 5.73 Å². The second-order valence-electron chi connectivity index (χ2n) is 6.44. The molecule has 1 amide bonds. The number of benzene rings is 1. The fourth-order valence-corrected chi connectivity index (χ4v) is 3.67. The summed E-state index contributed by atoms with van der Waals surface area (Å²) in [4.78, 5) is 14.2. The molecule has 2 unspecified atom stereocenters. The lowest BCUT2D eigenvalue weighted by Gasteiger charge is -2.37. The summed E-state index contributed by atoms with van der Waals surface area (Å²) >= 11 is 3.55. The first-order valence-corrected chi connectivity index (χ1v) is 9.35. The third-order valence-corrected chi connectivity index (χ3v) is 5.07. The first-order valence-electron chi connectivity index (χ1n) is 8.56. The highest BCUT2D eigenvalue weighted by molar-refractivity contribution is 9.10. The van der Waals surface area contributed by atoms with Crippen LogP contribution in [-0.4, -0.2) is 43.0 Å². The average molecular weight is 382 g/mol. The molecule has 1 aromatic rings. The fraction of sp³-hybridized carbons (Fsp3) is 0.611. The summed E-state index contributed by atoms with van der Waals surface area (Å²) in [6, 6.07) is 8.99. The number of piperidine rings is 1. The molecule has 0 radical (unpaired) electrons. The van der Waals surface area contributed by atoms with Crippen LogP contribution in [0.2, 0.25) is 0 Å². The number of carbonyl (C=O) groups is 1. The highest BCUT2D eigenvalue weighted by Crippen LogP contribution is 2.24. The highest BCUT2D eigenvalue weighted by Gasteiger charge is 2.24. The number of nitrogens with one attached hydrogen (secondary N) is 1. The van der Waals surface area contributed by atoms with Crippen molar-refractivity contribution in [3.05, 3.63) is 34.3 Å². The largest absolute Gasteiger partial charge is 0.354 e. The predicted octanol–water partition coefficient (Wildman–Crippen LogP) is 2.87. The molecule has 2 rings (SSSR count). The van der Waals surface area contributed by atoms with E-state index in [-0.39, 0.29) is 5.91 Å². The van der Waals surface area contributed by atoms with Gasteiger partial charge in [0.25, 0.3) is 0 Å². The smallest absolute Gasteiger partial charge is 0.221 e. The first kappa shape index (κ1) is 18.4. The third kappa shape index (κ3) is 5.90. The van der Waals surface area contributed by atoms with E-state index in [9.17, 15) is 4.79 Å². The summed E-state index contributed by atoms with van der Waals surface area (Å²) in [5.74, 6) is 0.547. The molecule has 1 fully saturated rings. The Hall–Kier alpha value is -0.910. The zero-order valence-electron chi connectivity index (χ0n) is 13.9. The van der Waals surface area contributed by atoms with Gasteiger partial charge >= 0.3 is 0 Å². The van der Waals surface area contributed by atoms with Gasteiger partial charge in [-0.25, -0.2) is 0 Å². The lowest BCUT2D eigenvalue weighted by Crippen LogP contribution is -2.48. The van der Waals surface area contributed by atoms with Gasteiger partial charge in [-0.05, 0) is 43.0 Å². The molecule has 0 saturated carbocycles. The summed E-state index contributed by atoms with van der Waals surface area (Å²) in [7, 11) is 0. The van der Waals surface area contributed by atoms with Crippen molar-refractivity contribution in [2.45, 2.75) is 44.6 Å². The number of nitrogens with two attached hydrogens (primary N) is 1. The van der Waals surface area contributed by atoms with E-state index in [1.807, 2.05) is 0 Å². The van der Waals surface area contributed by atoms with Gasteiger partial charge in [-0.3, -0.25) is 9.69 Å². The van der Waals surface area contributed by atoms with Crippen LogP contribution in [0, 0.1) is 0 Å².